The van der Waals surface area contributed by atoms with E-state index in [9.17, 15) is 9.59 Å². The number of hydrogen-bond donors (Lipinski definition) is 1. The van der Waals surface area contributed by atoms with Crippen LogP contribution in [-0.2, 0) is 9.59 Å². The fraction of sp³-hybridized carbons (Fsp3) is 0.385. The van der Waals surface area contributed by atoms with Crippen molar-refractivity contribution >= 4 is 29.1 Å². The van der Waals surface area contributed by atoms with Crippen LogP contribution in [0.25, 0.3) is 0 Å². The Morgan fingerprint density at radius 2 is 2.17 bits per heavy atom. The molecular formula is C13H15ClN2O2. The molecule has 1 atom stereocenters. The average Bonchev–Trinajstić information content (AvgIpc) is 2.58. The number of benzene rings is 1. The lowest BCUT2D eigenvalue weighted by molar-refractivity contribution is -0.126. The summed E-state index contributed by atoms with van der Waals surface area (Å²) < 4.78 is 0. The van der Waals surface area contributed by atoms with E-state index in [-0.39, 0.29) is 11.8 Å². The van der Waals surface area contributed by atoms with Crippen LogP contribution in [0, 0.1) is 6.92 Å². The van der Waals surface area contributed by atoms with Crippen LogP contribution in [0.5, 0.6) is 0 Å². The molecule has 0 saturated heterocycles. The minimum absolute atomic E-state index is 0.126. The van der Waals surface area contributed by atoms with Crippen LogP contribution in [0.15, 0.2) is 12.1 Å². The Hall–Kier alpha value is -1.55. The number of carbonyl (C=O) groups excluding carboxylic acids is 2. The van der Waals surface area contributed by atoms with Gasteiger partial charge in [-0.2, -0.15) is 0 Å². The number of nitrogens with one attached hydrogen (secondary N) is 1. The standard InChI is InChI=1S/C13H15ClN2O2/c1-4-16-12-7(2)5-6-9(14)10(12)11(13(16)18)15-8(3)17/h5-6,11H,4H2,1-3H3,(H,15,17). The Kier molecular flexibility index (Phi) is 3.30. The second-order valence-electron chi connectivity index (χ2n) is 4.34. The SMILES string of the molecule is CCN1C(=O)C(NC(C)=O)c2c(Cl)ccc(C)c21. The van der Waals surface area contributed by atoms with Gasteiger partial charge in [0.1, 0.15) is 6.04 Å². The molecule has 0 spiro atoms. The molecule has 1 aromatic rings. The summed E-state index contributed by atoms with van der Waals surface area (Å²) >= 11 is 6.18. The number of carbonyl (C=O) groups is 2. The smallest absolute Gasteiger partial charge is 0.254 e. The van der Waals surface area contributed by atoms with Gasteiger partial charge >= 0.3 is 0 Å². The molecule has 96 valence electrons. The number of hydrogen-bond acceptors (Lipinski definition) is 2. The molecule has 1 N–H and O–H groups in total. The summed E-state index contributed by atoms with van der Waals surface area (Å²) in [5.74, 6) is -0.367. The molecule has 0 radical (unpaired) electrons. The van der Waals surface area contributed by atoms with E-state index in [1.807, 2.05) is 19.9 Å². The van der Waals surface area contributed by atoms with Gasteiger partial charge in [-0.05, 0) is 25.5 Å². The molecule has 5 heteroatoms. The second kappa shape index (κ2) is 4.61. The highest BCUT2D eigenvalue weighted by Gasteiger charge is 2.39. The highest BCUT2D eigenvalue weighted by Crippen LogP contribution is 2.42. The monoisotopic (exact) mass is 266 g/mol. The van der Waals surface area contributed by atoms with Crippen molar-refractivity contribution in [2.45, 2.75) is 26.8 Å². The molecule has 1 aliphatic heterocycles. The molecule has 0 saturated carbocycles. The van der Waals surface area contributed by atoms with Crippen LogP contribution in [0.2, 0.25) is 5.02 Å². The molecule has 1 aromatic carbocycles. The Morgan fingerprint density at radius 1 is 1.50 bits per heavy atom. The van der Waals surface area contributed by atoms with E-state index in [0.29, 0.717) is 17.1 Å². The zero-order valence-electron chi connectivity index (χ0n) is 10.6. The molecule has 0 aromatic heterocycles. The molecule has 0 fully saturated rings. The Morgan fingerprint density at radius 3 is 2.72 bits per heavy atom. The van der Waals surface area contributed by atoms with Crippen LogP contribution in [0.4, 0.5) is 5.69 Å². The quantitative estimate of drug-likeness (QED) is 0.892. The maximum Gasteiger partial charge on any atom is 0.254 e. The average molecular weight is 267 g/mol. The summed E-state index contributed by atoms with van der Waals surface area (Å²) in [6.45, 7) is 5.79. The summed E-state index contributed by atoms with van der Waals surface area (Å²) in [5, 5.41) is 3.18. The van der Waals surface area contributed by atoms with Crippen molar-refractivity contribution in [3.8, 4) is 0 Å². The van der Waals surface area contributed by atoms with Crippen molar-refractivity contribution in [2.75, 3.05) is 11.4 Å². The molecule has 4 nitrogen and oxygen atoms in total. The second-order valence-corrected chi connectivity index (χ2v) is 4.75. The summed E-state index contributed by atoms with van der Waals surface area (Å²) in [7, 11) is 0. The summed E-state index contributed by atoms with van der Waals surface area (Å²) in [4.78, 5) is 25.2. The number of fused-ring (bicyclic) bond motifs is 1. The Balaban J connectivity index is 2.60. The van der Waals surface area contributed by atoms with E-state index in [0.717, 1.165) is 11.3 Å². The summed E-state index contributed by atoms with van der Waals surface area (Å²) in [5.41, 5.74) is 2.52. The molecule has 2 rings (SSSR count). The first kappa shape index (κ1) is 12.9. The van der Waals surface area contributed by atoms with Gasteiger partial charge < -0.3 is 10.2 Å². The van der Waals surface area contributed by atoms with Crippen LogP contribution in [-0.4, -0.2) is 18.4 Å². The predicted octanol–water partition coefficient (Wildman–Crippen LogP) is 2.19. The van der Waals surface area contributed by atoms with Crippen LogP contribution < -0.4 is 10.2 Å². The van der Waals surface area contributed by atoms with Crippen molar-refractivity contribution in [3.63, 3.8) is 0 Å². The first-order valence-corrected chi connectivity index (χ1v) is 6.22. The minimum atomic E-state index is -0.662. The first-order valence-electron chi connectivity index (χ1n) is 5.84. The van der Waals surface area contributed by atoms with Gasteiger partial charge in [0.15, 0.2) is 0 Å². The van der Waals surface area contributed by atoms with E-state index in [1.165, 1.54) is 6.92 Å². The Bertz CT molecular complexity index is 528. The fourth-order valence-corrected chi connectivity index (χ4v) is 2.63. The third-order valence-corrected chi connectivity index (χ3v) is 3.43. The molecular weight excluding hydrogens is 252 g/mol. The van der Waals surface area contributed by atoms with Crippen molar-refractivity contribution in [2.24, 2.45) is 0 Å². The third-order valence-electron chi connectivity index (χ3n) is 3.10. The van der Waals surface area contributed by atoms with Gasteiger partial charge in [-0.1, -0.05) is 17.7 Å². The molecule has 1 aliphatic rings. The molecule has 1 unspecified atom stereocenters. The number of nitrogens with zero attached hydrogens (tertiary/aromatic N) is 1. The molecule has 2 amide bonds. The summed E-state index contributed by atoms with van der Waals surface area (Å²) in [6, 6.07) is 2.98. The van der Waals surface area contributed by atoms with Crippen LogP contribution >= 0.6 is 11.6 Å². The summed E-state index contributed by atoms with van der Waals surface area (Å²) in [6.07, 6.45) is 0. The van der Waals surface area contributed by atoms with Gasteiger partial charge in [0.05, 0.1) is 5.69 Å². The lowest BCUT2D eigenvalue weighted by Gasteiger charge is -2.17. The van der Waals surface area contributed by atoms with E-state index < -0.39 is 6.04 Å². The number of rotatable bonds is 2. The van der Waals surface area contributed by atoms with Gasteiger partial charge in [-0.25, -0.2) is 0 Å². The maximum absolute atomic E-state index is 12.3. The van der Waals surface area contributed by atoms with Crippen LogP contribution in [0.1, 0.15) is 31.0 Å². The largest absolute Gasteiger partial charge is 0.341 e. The zero-order chi connectivity index (χ0) is 13.4. The van der Waals surface area contributed by atoms with Gasteiger partial charge in [-0.3, -0.25) is 9.59 Å². The van der Waals surface area contributed by atoms with Gasteiger partial charge in [0.25, 0.3) is 5.91 Å². The van der Waals surface area contributed by atoms with Crippen molar-refractivity contribution in [1.82, 2.24) is 5.32 Å². The maximum atomic E-state index is 12.3. The van der Waals surface area contributed by atoms with E-state index >= 15 is 0 Å². The number of aryl methyl sites for hydroxylation is 1. The predicted molar refractivity (Wildman–Crippen MR) is 70.8 cm³/mol. The highest BCUT2D eigenvalue weighted by atomic mass is 35.5. The molecule has 1 heterocycles. The van der Waals surface area contributed by atoms with E-state index in [4.69, 9.17) is 11.6 Å². The third kappa shape index (κ3) is 1.86. The number of anilines is 1. The zero-order valence-corrected chi connectivity index (χ0v) is 11.3. The van der Waals surface area contributed by atoms with Gasteiger partial charge in [-0.15, -0.1) is 0 Å². The van der Waals surface area contributed by atoms with E-state index in [2.05, 4.69) is 5.32 Å². The van der Waals surface area contributed by atoms with Gasteiger partial charge in [0, 0.05) is 24.1 Å². The fourth-order valence-electron chi connectivity index (χ4n) is 2.37. The lowest BCUT2D eigenvalue weighted by Crippen LogP contribution is -2.36. The highest BCUT2D eigenvalue weighted by molar-refractivity contribution is 6.33. The number of amides is 2. The van der Waals surface area contributed by atoms with E-state index in [1.54, 1.807) is 11.0 Å². The minimum Gasteiger partial charge on any atom is -0.341 e. The van der Waals surface area contributed by atoms with Gasteiger partial charge in [0.2, 0.25) is 5.91 Å². The topological polar surface area (TPSA) is 49.4 Å². The van der Waals surface area contributed by atoms with Crippen molar-refractivity contribution in [1.29, 1.82) is 0 Å². The Labute approximate surface area is 111 Å². The lowest BCUT2D eigenvalue weighted by atomic mass is 10.0. The van der Waals surface area contributed by atoms with Crippen LogP contribution in [0.3, 0.4) is 0 Å². The molecule has 0 bridgehead atoms. The molecule has 0 aliphatic carbocycles. The normalized spacial score (nSPS) is 17.9. The molecule has 18 heavy (non-hydrogen) atoms. The number of halogens is 1. The van der Waals surface area contributed by atoms with Crippen molar-refractivity contribution < 1.29 is 9.59 Å². The number of likely N-dealkylation sites (N-methyl/N-ethyl adjacent to an activating group) is 1. The van der Waals surface area contributed by atoms with Crippen molar-refractivity contribution in [3.05, 3.63) is 28.3 Å². The first-order chi connectivity index (χ1) is 8.47.